The van der Waals surface area contributed by atoms with Crippen molar-refractivity contribution >= 4 is 5.97 Å². The van der Waals surface area contributed by atoms with E-state index < -0.39 is 17.6 Å². The lowest BCUT2D eigenvalue weighted by molar-refractivity contribution is 0.0693. The van der Waals surface area contributed by atoms with Gasteiger partial charge in [-0.15, -0.1) is 0 Å². The number of benzene rings is 2. The molecule has 2 aromatic rings. The van der Waals surface area contributed by atoms with Crippen molar-refractivity contribution in [3.63, 3.8) is 0 Å². The number of carboxylic acids is 1. The summed E-state index contributed by atoms with van der Waals surface area (Å²) < 4.78 is 31.2. The van der Waals surface area contributed by atoms with Gasteiger partial charge in [0.25, 0.3) is 0 Å². The Balaban J connectivity index is 2.64. The minimum Gasteiger partial charge on any atom is -0.495 e. The summed E-state index contributed by atoms with van der Waals surface area (Å²) in [5.41, 5.74) is 0.699. The number of aromatic carboxylic acids is 1. The van der Waals surface area contributed by atoms with E-state index in [0.717, 1.165) is 12.1 Å². The van der Waals surface area contributed by atoms with Crippen molar-refractivity contribution < 1.29 is 23.4 Å². The first-order chi connectivity index (χ1) is 9.04. The van der Waals surface area contributed by atoms with Gasteiger partial charge in [-0.25, -0.2) is 13.6 Å². The Morgan fingerprint density at radius 1 is 1.16 bits per heavy atom. The predicted octanol–water partition coefficient (Wildman–Crippen LogP) is 3.34. The Kier molecular flexibility index (Phi) is 3.46. The van der Waals surface area contributed by atoms with Gasteiger partial charge in [0.15, 0.2) is 11.6 Å². The van der Waals surface area contributed by atoms with E-state index in [1.165, 1.54) is 25.3 Å². The third kappa shape index (κ3) is 2.40. The number of methoxy groups -OCH3 is 1. The minimum absolute atomic E-state index is 0.0373. The lowest BCUT2D eigenvalue weighted by atomic mass is 10.0. The van der Waals surface area contributed by atoms with Crippen LogP contribution in [0.2, 0.25) is 0 Å². The molecule has 1 N–H and O–H groups in total. The predicted molar refractivity (Wildman–Crippen MR) is 65.3 cm³/mol. The summed E-state index contributed by atoms with van der Waals surface area (Å²) in [6, 6.07) is 7.82. The molecule has 0 unspecified atom stereocenters. The van der Waals surface area contributed by atoms with Gasteiger partial charge in [0, 0.05) is 5.56 Å². The number of carboxylic acid groups (broad SMARTS) is 1. The van der Waals surface area contributed by atoms with Crippen LogP contribution >= 0.6 is 0 Å². The fourth-order valence-electron chi connectivity index (χ4n) is 1.82. The topological polar surface area (TPSA) is 46.5 Å². The number of halogens is 2. The van der Waals surface area contributed by atoms with Gasteiger partial charge >= 0.3 is 5.97 Å². The molecule has 0 amide bonds. The van der Waals surface area contributed by atoms with E-state index in [4.69, 9.17) is 9.84 Å². The van der Waals surface area contributed by atoms with Crippen molar-refractivity contribution in [2.45, 2.75) is 0 Å². The van der Waals surface area contributed by atoms with E-state index in [1.807, 2.05) is 0 Å². The molecule has 5 heteroatoms. The highest BCUT2D eigenvalue weighted by molar-refractivity contribution is 5.94. The third-order valence-electron chi connectivity index (χ3n) is 2.68. The number of hydrogen-bond donors (Lipinski definition) is 1. The highest BCUT2D eigenvalue weighted by Gasteiger charge is 2.16. The van der Waals surface area contributed by atoms with E-state index in [9.17, 15) is 13.6 Å². The minimum atomic E-state index is -1.15. The van der Waals surface area contributed by atoms with Crippen LogP contribution in [0.3, 0.4) is 0 Å². The van der Waals surface area contributed by atoms with Gasteiger partial charge in [-0.3, -0.25) is 0 Å². The van der Waals surface area contributed by atoms with Gasteiger partial charge in [-0.1, -0.05) is 18.2 Å². The molecule has 0 atom stereocenters. The molecule has 0 aliphatic rings. The first-order valence-electron chi connectivity index (χ1n) is 5.40. The first-order valence-corrected chi connectivity index (χ1v) is 5.40. The Morgan fingerprint density at radius 2 is 1.89 bits per heavy atom. The van der Waals surface area contributed by atoms with Crippen molar-refractivity contribution in [2.75, 3.05) is 7.11 Å². The number of carbonyl (C=O) groups is 1. The third-order valence-corrected chi connectivity index (χ3v) is 2.68. The van der Waals surface area contributed by atoms with Gasteiger partial charge in [0.1, 0.15) is 11.3 Å². The summed E-state index contributed by atoms with van der Waals surface area (Å²) in [6.45, 7) is 0. The zero-order valence-electron chi connectivity index (χ0n) is 9.98. The molecule has 2 aromatic carbocycles. The number of rotatable bonds is 3. The second-order valence-corrected chi connectivity index (χ2v) is 3.82. The quantitative estimate of drug-likeness (QED) is 0.924. The summed E-state index contributed by atoms with van der Waals surface area (Å²) in [5, 5.41) is 9.05. The molecular weight excluding hydrogens is 254 g/mol. The molecule has 0 spiro atoms. The Morgan fingerprint density at radius 3 is 2.47 bits per heavy atom. The van der Waals surface area contributed by atoms with Crippen LogP contribution < -0.4 is 4.74 Å². The van der Waals surface area contributed by atoms with E-state index >= 15 is 0 Å². The molecule has 0 aliphatic heterocycles. The lowest BCUT2D eigenvalue weighted by Crippen LogP contribution is -2.01. The van der Waals surface area contributed by atoms with Crippen molar-refractivity contribution in [1.82, 2.24) is 0 Å². The van der Waals surface area contributed by atoms with Crippen LogP contribution in [0.25, 0.3) is 11.1 Å². The van der Waals surface area contributed by atoms with Gasteiger partial charge < -0.3 is 9.84 Å². The van der Waals surface area contributed by atoms with Crippen molar-refractivity contribution in [3.8, 4) is 16.9 Å². The molecule has 0 aromatic heterocycles. The summed E-state index contributed by atoms with van der Waals surface area (Å²) in [5.74, 6) is -3.00. The van der Waals surface area contributed by atoms with E-state index in [-0.39, 0.29) is 11.3 Å². The average Bonchev–Trinajstić information content (AvgIpc) is 2.40. The molecule has 98 valence electrons. The normalized spacial score (nSPS) is 10.3. The summed E-state index contributed by atoms with van der Waals surface area (Å²) in [6.07, 6.45) is 0. The van der Waals surface area contributed by atoms with Crippen LogP contribution in [0.4, 0.5) is 8.78 Å². The smallest absolute Gasteiger partial charge is 0.339 e. The molecule has 0 aliphatic carbocycles. The van der Waals surface area contributed by atoms with Crippen LogP contribution in [-0.2, 0) is 0 Å². The summed E-state index contributed by atoms with van der Waals surface area (Å²) in [4.78, 5) is 11.1. The van der Waals surface area contributed by atoms with Crippen LogP contribution in [-0.4, -0.2) is 18.2 Å². The zero-order valence-corrected chi connectivity index (χ0v) is 9.98. The highest BCUT2D eigenvalue weighted by atomic mass is 19.2. The molecule has 0 saturated heterocycles. The van der Waals surface area contributed by atoms with Crippen LogP contribution in [0, 0.1) is 11.6 Å². The largest absolute Gasteiger partial charge is 0.495 e. The molecule has 2 rings (SSSR count). The molecule has 19 heavy (non-hydrogen) atoms. The maximum atomic E-state index is 13.2. The fourth-order valence-corrected chi connectivity index (χ4v) is 1.82. The average molecular weight is 264 g/mol. The number of para-hydroxylation sites is 1. The van der Waals surface area contributed by atoms with Crippen molar-refractivity contribution in [3.05, 3.63) is 53.6 Å². The van der Waals surface area contributed by atoms with Gasteiger partial charge in [0.2, 0.25) is 0 Å². The summed E-state index contributed by atoms with van der Waals surface area (Å²) >= 11 is 0. The molecular formula is C14H10F2O3. The maximum Gasteiger partial charge on any atom is 0.339 e. The standard InChI is InChI=1S/C14H10F2O3/c1-19-13-9(3-2-4-10(13)14(17)18)8-5-6-11(15)12(16)7-8/h2-7H,1H3,(H,17,18). The van der Waals surface area contributed by atoms with Gasteiger partial charge in [0.05, 0.1) is 7.11 Å². The van der Waals surface area contributed by atoms with Crippen molar-refractivity contribution in [2.24, 2.45) is 0 Å². The zero-order chi connectivity index (χ0) is 14.0. The number of ether oxygens (including phenoxy) is 1. The monoisotopic (exact) mass is 264 g/mol. The molecule has 0 fully saturated rings. The lowest BCUT2D eigenvalue weighted by Gasteiger charge is -2.11. The van der Waals surface area contributed by atoms with Gasteiger partial charge in [-0.2, -0.15) is 0 Å². The fraction of sp³-hybridized carbons (Fsp3) is 0.0714. The van der Waals surface area contributed by atoms with Crippen molar-refractivity contribution in [1.29, 1.82) is 0 Å². The Bertz CT molecular complexity index is 639. The summed E-state index contributed by atoms with van der Waals surface area (Å²) in [7, 11) is 1.32. The molecule has 0 heterocycles. The van der Waals surface area contributed by atoms with Crippen LogP contribution in [0.1, 0.15) is 10.4 Å². The van der Waals surface area contributed by atoms with Gasteiger partial charge in [-0.05, 0) is 23.8 Å². The second-order valence-electron chi connectivity index (χ2n) is 3.82. The van der Waals surface area contributed by atoms with Crippen LogP contribution in [0.15, 0.2) is 36.4 Å². The molecule has 0 bridgehead atoms. The number of hydrogen-bond acceptors (Lipinski definition) is 2. The molecule has 0 saturated carbocycles. The van der Waals surface area contributed by atoms with E-state index in [0.29, 0.717) is 11.1 Å². The SMILES string of the molecule is COc1c(C(=O)O)cccc1-c1ccc(F)c(F)c1. The first kappa shape index (κ1) is 13.0. The van der Waals surface area contributed by atoms with E-state index in [2.05, 4.69) is 0 Å². The Hall–Kier alpha value is -2.43. The van der Waals surface area contributed by atoms with E-state index in [1.54, 1.807) is 6.07 Å². The highest BCUT2D eigenvalue weighted by Crippen LogP contribution is 2.33. The second kappa shape index (κ2) is 5.06. The molecule has 0 radical (unpaired) electrons. The van der Waals surface area contributed by atoms with Crippen LogP contribution in [0.5, 0.6) is 5.75 Å². The maximum absolute atomic E-state index is 13.2. The Labute approximate surface area is 108 Å². The molecule has 3 nitrogen and oxygen atoms in total.